The quantitative estimate of drug-likeness (QED) is 0.436. The van der Waals surface area contributed by atoms with E-state index in [0.29, 0.717) is 12.8 Å². The lowest BCUT2D eigenvalue weighted by Crippen LogP contribution is -2.58. The Bertz CT molecular complexity index is 1410. The summed E-state index contributed by atoms with van der Waals surface area (Å²) in [5.74, 6) is -1.25. The summed E-state index contributed by atoms with van der Waals surface area (Å²) < 4.78 is 0. The van der Waals surface area contributed by atoms with Crippen molar-refractivity contribution in [2.45, 2.75) is 104 Å². The smallest absolute Gasteiger partial charge is 0.246 e. The number of rotatable bonds is 7. The lowest BCUT2D eigenvalue weighted by atomic mass is 9.81. The van der Waals surface area contributed by atoms with Gasteiger partial charge in [0, 0.05) is 13.0 Å². The number of nitrogens with one attached hydrogen (secondary N) is 2. The van der Waals surface area contributed by atoms with E-state index in [1.807, 2.05) is 52.3 Å². The van der Waals surface area contributed by atoms with Crippen LogP contribution in [-0.2, 0) is 19.8 Å². The highest BCUT2D eigenvalue weighted by atomic mass is 32.1. The van der Waals surface area contributed by atoms with Crippen molar-refractivity contribution in [1.82, 2.24) is 20.5 Å². The Morgan fingerprint density at radius 2 is 1.83 bits per heavy atom. The fraction of sp³-hybridized carbons (Fsp3) is 0.594. The number of nitriles is 1. The first kappa shape index (κ1) is 31.6. The van der Waals surface area contributed by atoms with Crippen molar-refractivity contribution >= 4 is 29.1 Å². The van der Waals surface area contributed by atoms with Gasteiger partial charge in [-0.15, -0.1) is 11.3 Å². The number of nitrogens with zero attached hydrogens (tertiary/aromatic N) is 3. The second kappa shape index (κ2) is 11.4. The van der Waals surface area contributed by atoms with E-state index in [4.69, 9.17) is 0 Å². The van der Waals surface area contributed by atoms with Crippen molar-refractivity contribution in [2.75, 3.05) is 6.54 Å². The summed E-state index contributed by atoms with van der Waals surface area (Å²) >= 11 is 1.60. The molecular weight excluding hydrogens is 550 g/mol. The van der Waals surface area contributed by atoms with E-state index in [0.717, 1.165) is 27.3 Å². The molecule has 2 fully saturated rings. The van der Waals surface area contributed by atoms with Gasteiger partial charge in [0.15, 0.2) is 0 Å². The Kier molecular flexibility index (Phi) is 8.60. The van der Waals surface area contributed by atoms with Gasteiger partial charge in [0.2, 0.25) is 17.7 Å². The summed E-state index contributed by atoms with van der Waals surface area (Å²) in [6.07, 6.45) is 0.171. The first-order chi connectivity index (χ1) is 19.5. The van der Waals surface area contributed by atoms with Gasteiger partial charge in [-0.2, -0.15) is 5.26 Å². The fourth-order valence-electron chi connectivity index (χ4n) is 5.60. The molecule has 3 amide bonds. The van der Waals surface area contributed by atoms with Gasteiger partial charge in [0.1, 0.15) is 17.5 Å². The number of aliphatic hydroxyl groups excluding tert-OH is 1. The van der Waals surface area contributed by atoms with Gasteiger partial charge in [0.05, 0.1) is 34.3 Å². The molecule has 4 rings (SSSR count). The number of carbonyl (C=O) groups excluding carboxylic acids is 3. The van der Waals surface area contributed by atoms with Gasteiger partial charge in [-0.05, 0) is 60.3 Å². The summed E-state index contributed by atoms with van der Waals surface area (Å²) in [5, 5.41) is 25.9. The maximum atomic E-state index is 13.9. The highest BCUT2D eigenvalue weighted by molar-refractivity contribution is 7.13. The van der Waals surface area contributed by atoms with Crippen molar-refractivity contribution in [3.8, 4) is 16.5 Å². The molecule has 1 aliphatic heterocycles. The molecule has 1 saturated heterocycles. The van der Waals surface area contributed by atoms with Gasteiger partial charge >= 0.3 is 0 Å². The number of amides is 3. The normalized spacial score (nSPS) is 21.3. The predicted molar refractivity (Wildman–Crippen MR) is 162 cm³/mol. The molecule has 9 nitrogen and oxygen atoms in total. The highest BCUT2D eigenvalue weighted by Gasteiger charge is 2.53. The van der Waals surface area contributed by atoms with Crippen LogP contribution in [0.2, 0.25) is 0 Å². The molecule has 2 heterocycles. The molecule has 2 aliphatic rings. The van der Waals surface area contributed by atoms with Crippen LogP contribution in [0.5, 0.6) is 0 Å². The van der Waals surface area contributed by atoms with Crippen molar-refractivity contribution in [3.05, 3.63) is 40.5 Å². The standard InChI is InChI=1S/C32H43N5O4S/c1-18(22-10-9-20(13-23(22)30(3,4)5)25-19(2)34-17-42-25)35-27(39)24-14-21(38)15-37(24)28(40)26(31(6,7)8)36-29(41)32(16-33)11-12-32/h9-10,13,17-18,21,24,26,38H,11-12,14-15H2,1-8H3,(H,35,39)(H,36,41)/t18-,21+,24-,26+/m0/s1. The SMILES string of the molecule is Cc1ncsc1-c1ccc([C@H](C)NC(=O)[C@@H]2C[C@@H](O)CN2C(=O)[C@@H](NC(=O)C2(C#N)CC2)C(C)(C)C)c(C(C)(C)C)c1. The molecule has 4 atom stereocenters. The van der Waals surface area contributed by atoms with E-state index in [2.05, 4.69) is 48.5 Å². The van der Waals surface area contributed by atoms with E-state index < -0.39 is 40.8 Å². The van der Waals surface area contributed by atoms with E-state index in [-0.39, 0.29) is 30.3 Å². The van der Waals surface area contributed by atoms with Crippen molar-refractivity contribution in [2.24, 2.45) is 10.8 Å². The summed E-state index contributed by atoms with van der Waals surface area (Å²) in [5.41, 5.74) is 4.01. The monoisotopic (exact) mass is 593 g/mol. The minimum absolute atomic E-state index is 0.00666. The molecule has 0 unspecified atom stereocenters. The molecule has 3 N–H and O–H groups in total. The Morgan fingerprint density at radius 3 is 2.36 bits per heavy atom. The van der Waals surface area contributed by atoms with Crippen LogP contribution in [0.25, 0.3) is 10.4 Å². The third-order valence-corrected chi connectivity index (χ3v) is 9.32. The number of aryl methyl sites for hydroxylation is 1. The van der Waals surface area contributed by atoms with E-state index >= 15 is 0 Å². The summed E-state index contributed by atoms with van der Waals surface area (Å²) in [4.78, 5) is 47.4. The topological polar surface area (TPSA) is 135 Å². The Morgan fingerprint density at radius 1 is 1.17 bits per heavy atom. The Balaban J connectivity index is 1.56. The molecule has 0 bridgehead atoms. The van der Waals surface area contributed by atoms with E-state index in [1.165, 1.54) is 4.90 Å². The molecule has 0 spiro atoms. The number of hydrogen-bond donors (Lipinski definition) is 3. The maximum absolute atomic E-state index is 13.9. The largest absolute Gasteiger partial charge is 0.391 e. The number of hydrogen-bond acceptors (Lipinski definition) is 7. The van der Waals surface area contributed by atoms with Crippen LogP contribution in [0, 0.1) is 29.1 Å². The zero-order chi connectivity index (χ0) is 31.2. The molecule has 0 radical (unpaired) electrons. The van der Waals surface area contributed by atoms with E-state index in [9.17, 15) is 24.8 Å². The lowest BCUT2D eigenvalue weighted by molar-refractivity contribution is -0.144. The zero-order valence-electron chi connectivity index (χ0n) is 25.9. The average molecular weight is 594 g/mol. The molecule has 42 heavy (non-hydrogen) atoms. The second-order valence-corrected chi connectivity index (χ2v) is 14.8. The summed E-state index contributed by atoms with van der Waals surface area (Å²) in [6, 6.07) is 6.13. The van der Waals surface area contributed by atoms with Crippen LogP contribution >= 0.6 is 11.3 Å². The highest BCUT2D eigenvalue weighted by Crippen LogP contribution is 2.45. The summed E-state index contributed by atoms with van der Waals surface area (Å²) in [7, 11) is 0. The van der Waals surface area contributed by atoms with Crippen LogP contribution in [0.1, 0.15) is 90.6 Å². The van der Waals surface area contributed by atoms with Crippen LogP contribution < -0.4 is 10.6 Å². The molecule has 1 aromatic carbocycles. The van der Waals surface area contributed by atoms with Gasteiger partial charge in [-0.25, -0.2) is 4.98 Å². The minimum Gasteiger partial charge on any atom is -0.391 e. The number of likely N-dealkylation sites (tertiary alicyclic amines) is 1. The first-order valence-corrected chi connectivity index (χ1v) is 15.4. The second-order valence-electron chi connectivity index (χ2n) is 13.9. The number of aromatic nitrogens is 1. The van der Waals surface area contributed by atoms with Gasteiger partial charge in [-0.3, -0.25) is 14.4 Å². The van der Waals surface area contributed by atoms with Crippen LogP contribution in [0.3, 0.4) is 0 Å². The van der Waals surface area contributed by atoms with Crippen molar-refractivity contribution < 1.29 is 19.5 Å². The maximum Gasteiger partial charge on any atom is 0.246 e. The average Bonchev–Trinajstić information content (AvgIpc) is 3.44. The first-order valence-electron chi connectivity index (χ1n) is 14.5. The Labute approximate surface area is 252 Å². The fourth-order valence-corrected chi connectivity index (χ4v) is 6.40. The Hall–Kier alpha value is -3.29. The van der Waals surface area contributed by atoms with Crippen LogP contribution in [0.15, 0.2) is 23.7 Å². The predicted octanol–water partition coefficient (Wildman–Crippen LogP) is 4.39. The third kappa shape index (κ3) is 6.37. The number of thiazole rings is 1. The molecule has 2 aromatic rings. The van der Waals surface area contributed by atoms with Gasteiger partial charge < -0.3 is 20.6 Å². The number of β-amino-alcohol motifs (C(OH)–C–C–N with tert-alkyl or cyclic N) is 1. The molecule has 1 aliphatic carbocycles. The van der Waals surface area contributed by atoms with Crippen LogP contribution in [-0.4, -0.2) is 57.4 Å². The molecule has 1 aromatic heterocycles. The van der Waals surface area contributed by atoms with Crippen LogP contribution in [0.4, 0.5) is 0 Å². The third-order valence-electron chi connectivity index (χ3n) is 8.35. The molecular formula is C32H43N5O4S. The zero-order valence-corrected chi connectivity index (χ0v) is 26.7. The lowest BCUT2D eigenvalue weighted by Gasteiger charge is -2.36. The number of benzene rings is 1. The molecule has 10 heteroatoms. The summed E-state index contributed by atoms with van der Waals surface area (Å²) in [6.45, 7) is 15.8. The van der Waals surface area contributed by atoms with Crippen molar-refractivity contribution in [1.29, 1.82) is 5.26 Å². The van der Waals surface area contributed by atoms with Crippen molar-refractivity contribution in [3.63, 3.8) is 0 Å². The minimum atomic E-state index is -1.08. The van der Waals surface area contributed by atoms with Gasteiger partial charge in [-0.1, -0.05) is 53.7 Å². The van der Waals surface area contributed by atoms with E-state index in [1.54, 1.807) is 11.3 Å². The number of carbonyl (C=O) groups is 3. The number of aliphatic hydroxyl groups is 1. The van der Waals surface area contributed by atoms with Gasteiger partial charge in [0.25, 0.3) is 0 Å². The molecule has 226 valence electrons. The molecule has 1 saturated carbocycles.